The average molecular weight is 344 g/mol. The molecule has 1 unspecified atom stereocenters. The van der Waals surface area contributed by atoms with Gasteiger partial charge >= 0.3 is 0 Å². The third kappa shape index (κ3) is 4.83. The van der Waals surface area contributed by atoms with Gasteiger partial charge in [-0.15, -0.1) is 0 Å². The minimum atomic E-state index is -0.111. The van der Waals surface area contributed by atoms with Crippen LogP contribution in [0.3, 0.4) is 0 Å². The third-order valence-electron chi connectivity index (χ3n) is 5.41. The van der Waals surface area contributed by atoms with Gasteiger partial charge < -0.3 is 9.80 Å². The Labute approximate surface area is 152 Å². The van der Waals surface area contributed by atoms with Crippen LogP contribution in [0.2, 0.25) is 0 Å². The summed E-state index contributed by atoms with van der Waals surface area (Å²) in [6.07, 6.45) is 3.55. The molecule has 0 aromatic heterocycles. The maximum Gasteiger partial charge on any atom is 0.244 e. The molecule has 0 aliphatic carbocycles. The van der Waals surface area contributed by atoms with Gasteiger partial charge in [0.05, 0.1) is 0 Å². The summed E-state index contributed by atoms with van der Waals surface area (Å²) in [6.45, 7) is 11.6. The van der Waals surface area contributed by atoms with Gasteiger partial charge in [0.25, 0.3) is 0 Å². The highest BCUT2D eigenvalue weighted by Gasteiger charge is 2.33. The first-order valence-corrected chi connectivity index (χ1v) is 9.95. The molecule has 4 heteroatoms. The fourth-order valence-electron chi connectivity index (χ4n) is 4.15. The zero-order valence-electron chi connectivity index (χ0n) is 15.9. The number of amides is 1. The van der Waals surface area contributed by atoms with E-state index in [1.807, 2.05) is 6.07 Å². The first-order chi connectivity index (χ1) is 12.1. The van der Waals surface area contributed by atoms with E-state index in [9.17, 15) is 4.79 Å². The minimum absolute atomic E-state index is 0.111. The van der Waals surface area contributed by atoms with E-state index in [0.29, 0.717) is 11.8 Å². The number of benzene rings is 1. The van der Waals surface area contributed by atoms with Gasteiger partial charge in [-0.2, -0.15) is 0 Å². The molecule has 1 amide bonds. The van der Waals surface area contributed by atoms with Gasteiger partial charge in [-0.3, -0.25) is 9.69 Å². The van der Waals surface area contributed by atoms with Crippen LogP contribution in [0, 0.1) is 5.92 Å². The van der Waals surface area contributed by atoms with Crippen LogP contribution in [0.5, 0.6) is 0 Å². The molecular formula is C21H33N3O. The fraction of sp³-hybridized carbons (Fsp3) is 0.667. The molecule has 2 heterocycles. The van der Waals surface area contributed by atoms with E-state index in [2.05, 4.69) is 52.8 Å². The van der Waals surface area contributed by atoms with Crippen molar-refractivity contribution in [2.24, 2.45) is 5.92 Å². The second kappa shape index (κ2) is 8.81. The van der Waals surface area contributed by atoms with E-state index in [-0.39, 0.29) is 6.04 Å². The van der Waals surface area contributed by atoms with Gasteiger partial charge in [0, 0.05) is 45.8 Å². The summed E-state index contributed by atoms with van der Waals surface area (Å²) in [6, 6.07) is 10.3. The molecule has 1 aromatic carbocycles. The summed E-state index contributed by atoms with van der Waals surface area (Å²) in [5, 5.41) is 0. The van der Waals surface area contributed by atoms with Crippen molar-refractivity contribution >= 4 is 5.91 Å². The molecule has 2 fully saturated rings. The molecule has 1 aromatic rings. The lowest BCUT2D eigenvalue weighted by Crippen LogP contribution is -2.52. The first kappa shape index (κ1) is 18.4. The topological polar surface area (TPSA) is 26.8 Å². The maximum atomic E-state index is 13.3. The lowest BCUT2D eigenvalue weighted by molar-refractivity contribution is -0.139. The summed E-state index contributed by atoms with van der Waals surface area (Å²) in [7, 11) is 0. The molecule has 138 valence electrons. The molecular weight excluding hydrogens is 310 g/mol. The summed E-state index contributed by atoms with van der Waals surface area (Å²) in [5.41, 5.74) is 1.15. The van der Waals surface area contributed by atoms with Crippen molar-refractivity contribution in [2.45, 2.75) is 39.2 Å². The SMILES string of the molecule is CC(C)CN1CCN(C(C(=O)N2CCCCC2)c2ccccc2)CC1. The zero-order chi connectivity index (χ0) is 17.6. The molecule has 4 nitrogen and oxygen atoms in total. The zero-order valence-corrected chi connectivity index (χ0v) is 15.9. The van der Waals surface area contributed by atoms with E-state index in [0.717, 1.165) is 64.2 Å². The Morgan fingerprint density at radius 2 is 1.56 bits per heavy atom. The smallest absolute Gasteiger partial charge is 0.244 e. The normalized spacial score (nSPS) is 21.5. The Bertz CT molecular complexity index is 531. The second-order valence-electron chi connectivity index (χ2n) is 7.93. The molecule has 0 radical (unpaired) electrons. The van der Waals surface area contributed by atoms with E-state index >= 15 is 0 Å². The Kier molecular flexibility index (Phi) is 6.49. The van der Waals surface area contributed by atoms with Crippen LogP contribution >= 0.6 is 0 Å². The summed E-state index contributed by atoms with van der Waals surface area (Å²) in [4.78, 5) is 20.4. The molecule has 1 atom stereocenters. The van der Waals surface area contributed by atoms with Crippen LogP contribution in [0.4, 0.5) is 0 Å². The summed E-state index contributed by atoms with van der Waals surface area (Å²) in [5.74, 6) is 1.01. The fourth-order valence-corrected chi connectivity index (χ4v) is 4.15. The van der Waals surface area contributed by atoms with E-state index in [1.54, 1.807) is 0 Å². The van der Waals surface area contributed by atoms with Crippen molar-refractivity contribution in [3.8, 4) is 0 Å². The van der Waals surface area contributed by atoms with Crippen LogP contribution < -0.4 is 0 Å². The number of hydrogen-bond donors (Lipinski definition) is 0. The van der Waals surface area contributed by atoms with Crippen LogP contribution in [-0.2, 0) is 4.79 Å². The molecule has 0 bridgehead atoms. The quantitative estimate of drug-likeness (QED) is 0.822. The number of carbonyl (C=O) groups is 1. The Morgan fingerprint density at radius 1 is 0.920 bits per heavy atom. The molecule has 3 rings (SSSR count). The van der Waals surface area contributed by atoms with Crippen LogP contribution in [0.1, 0.15) is 44.7 Å². The molecule has 0 spiro atoms. The highest BCUT2D eigenvalue weighted by Crippen LogP contribution is 2.26. The standard InChI is InChI=1S/C21H33N3O/c1-18(2)17-22-13-15-23(16-14-22)20(19-9-5-3-6-10-19)21(25)24-11-7-4-8-12-24/h3,5-6,9-10,18,20H,4,7-8,11-17H2,1-2H3. The van der Waals surface area contributed by atoms with Crippen molar-refractivity contribution in [3.63, 3.8) is 0 Å². The Hall–Kier alpha value is -1.39. The van der Waals surface area contributed by atoms with Crippen molar-refractivity contribution < 1.29 is 4.79 Å². The second-order valence-corrected chi connectivity index (χ2v) is 7.93. The van der Waals surface area contributed by atoms with E-state index in [4.69, 9.17) is 0 Å². The van der Waals surface area contributed by atoms with Crippen LogP contribution in [0.15, 0.2) is 30.3 Å². The predicted octanol–water partition coefficient (Wildman–Crippen LogP) is 3.01. The first-order valence-electron chi connectivity index (χ1n) is 9.95. The number of likely N-dealkylation sites (tertiary alicyclic amines) is 1. The Morgan fingerprint density at radius 3 is 2.16 bits per heavy atom. The Balaban J connectivity index is 1.72. The van der Waals surface area contributed by atoms with Gasteiger partial charge in [-0.1, -0.05) is 44.2 Å². The molecule has 2 aliphatic rings. The average Bonchev–Trinajstić information content (AvgIpc) is 2.64. The molecule has 0 saturated carbocycles. The van der Waals surface area contributed by atoms with Gasteiger partial charge in [0.2, 0.25) is 5.91 Å². The van der Waals surface area contributed by atoms with E-state index < -0.39 is 0 Å². The van der Waals surface area contributed by atoms with Crippen molar-refractivity contribution in [1.82, 2.24) is 14.7 Å². The van der Waals surface area contributed by atoms with Gasteiger partial charge in [0.15, 0.2) is 0 Å². The molecule has 0 N–H and O–H groups in total. The van der Waals surface area contributed by atoms with Crippen molar-refractivity contribution in [2.75, 3.05) is 45.8 Å². The van der Waals surface area contributed by atoms with Crippen molar-refractivity contribution in [1.29, 1.82) is 0 Å². The number of piperidine rings is 1. The summed E-state index contributed by atoms with van der Waals surface area (Å²) < 4.78 is 0. The largest absolute Gasteiger partial charge is 0.341 e. The number of rotatable bonds is 5. The van der Waals surface area contributed by atoms with Crippen LogP contribution in [0.25, 0.3) is 0 Å². The number of hydrogen-bond acceptors (Lipinski definition) is 3. The van der Waals surface area contributed by atoms with Crippen LogP contribution in [-0.4, -0.2) is 66.4 Å². The number of nitrogens with zero attached hydrogens (tertiary/aromatic N) is 3. The number of piperazine rings is 1. The maximum absolute atomic E-state index is 13.3. The number of carbonyl (C=O) groups excluding carboxylic acids is 1. The molecule has 2 saturated heterocycles. The highest BCUT2D eigenvalue weighted by atomic mass is 16.2. The third-order valence-corrected chi connectivity index (χ3v) is 5.41. The minimum Gasteiger partial charge on any atom is -0.341 e. The lowest BCUT2D eigenvalue weighted by Gasteiger charge is -2.41. The van der Waals surface area contributed by atoms with Gasteiger partial charge in [0.1, 0.15) is 6.04 Å². The lowest BCUT2D eigenvalue weighted by atomic mass is 10.0. The monoisotopic (exact) mass is 343 g/mol. The van der Waals surface area contributed by atoms with Crippen molar-refractivity contribution in [3.05, 3.63) is 35.9 Å². The highest BCUT2D eigenvalue weighted by molar-refractivity contribution is 5.83. The molecule has 2 aliphatic heterocycles. The summed E-state index contributed by atoms with van der Waals surface area (Å²) >= 11 is 0. The van der Waals surface area contributed by atoms with Gasteiger partial charge in [-0.25, -0.2) is 0 Å². The predicted molar refractivity (Wildman–Crippen MR) is 102 cm³/mol. The van der Waals surface area contributed by atoms with Gasteiger partial charge in [-0.05, 0) is 30.7 Å². The molecule has 25 heavy (non-hydrogen) atoms. The van der Waals surface area contributed by atoms with E-state index in [1.165, 1.54) is 6.42 Å².